The van der Waals surface area contributed by atoms with Crippen LogP contribution in [0.15, 0.2) is 60.7 Å². The van der Waals surface area contributed by atoms with Crippen LogP contribution < -0.4 is 5.32 Å². The predicted molar refractivity (Wildman–Crippen MR) is 131 cm³/mol. The largest absolute Gasteiger partial charge is 0.465 e. The summed E-state index contributed by atoms with van der Waals surface area (Å²) in [4.78, 5) is 28.7. The second-order valence-electron chi connectivity index (χ2n) is 8.70. The summed E-state index contributed by atoms with van der Waals surface area (Å²) in [5, 5.41) is 2.70. The molecule has 0 spiro atoms. The molecule has 0 bridgehead atoms. The molecule has 1 saturated heterocycles. The second kappa shape index (κ2) is 13.6. The SMILES string of the molecule is CCOC(=O)CNC(=O)N(CCCN1CCC(Cc2ccccc2)CC1)Cc1ccccc1. The molecule has 2 aromatic rings. The number of carbonyl (C=O) groups excluding carboxylic acids is 2. The van der Waals surface area contributed by atoms with E-state index in [-0.39, 0.29) is 12.6 Å². The number of urea groups is 1. The van der Waals surface area contributed by atoms with Crippen molar-refractivity contribution in [2.75, 3.05) is 39.3 Å². The van der Waals surface area contributed by atoms with E-state index in [1.807, 2.05) is 30.3 Å². The fourth-order valence-corrected chi connectivity index (χ4v) is 4.37. The van der Waals surface area contributed by atoms with Gasteiger partial charge in [-0.25, -0.2) is 4.79 Å². The summed E-state index contributed by atoms with van der Waals surface area (Å²) in [6, 6.07) is 20.5. The molecule has 0 saturated carbocycles. The number of carbonyl (C=O) groups is 2. The molecule has 178 valence electrons. The Bertz CT molecular complexity index is 836. The highest BCUT2D eigenvalue weighted by Gasteiger charge is 2.20. The predicted octanol–water partition coefficient (Wildman–Crippen LogP) is 4.11. The summed E-state index contributed by atoms with van der Waals surface area (Å²) in [6.07, 6.45) is 4.52. The van der Waals surface area contributed by atoms with Crippen molar-refractivity contribution in [1.82, 2.24) is 15.1 Å². The molecule has 3 rings (SSSR count). The molecular weight excluding hydrogens is 414 g/mol. The van der Waals surface area contributed by atoms with Gasteiger partial charge in [-0.05, 0) is 69.3 Å². The number of hydrogen-bond acceptors (Lipinski definition) is 4. The molecule has 1 aliphatic heterocycles. The maximum atomic E-state index is 12.7. The first kappa shape index (κ1) is 24.8. The Morgan fingerprint density at radius 1 is 1.00 bits per heavy atom. The van der Waals surface area contributed by atoms with Crippen LogP contribution in [0.5, 0.6) is 0 Å². The molecule has 33 heavy (non-hydrogen) atoms. The average Bonchev–Trinajstić information content (AvgIpc) is 2.84. The molecule has 0 aromatic heterocycles. The Balaban J connectivity index is 1.43. The third-order valence-corrected chi connectivity index (χ3v) is 6.17. The highest BCUT2D eigenvalue weighted by molar-refractivity contribution is 5.80. The van der Waals surface area contributed by atoms with E-state index in [2.05, 4.69) is 40.5 Å². The number of esters is 1. The third kappa shape index (κ3) is 8.89. The zero-order valence-electron chi connectivity index (χ0n) is 19.7. The number of amides is 2. The fraction of sp³-hybridized carbons (Fsp3) is 0.481. The first-order valence-electron chi connectivity index (χ1n) is 12.1. The lowest BCUT2D eigenvalue weighted by molar-refractivity contribution is -0.141. The second-order valence-corrected chi connectivity index (χ2v) is 8.70. The number of nitrogens with zero attached hydrogens (tertiary/aromatic N) is 2. The lowest BCUT2D eigenvalue weighted by atomic mass is 9.90. The molecule has 1 N–H and O–H groups in total. The van der Waals surface area contributed by atoms with Crippen LogP contribution in [0.25, 0.3) is 0 Å². The number of ether oxygens (including phenoxy) is 1. The Kier molecular flexibility index (Phi) is 10.2. The average molecular weight is 452 g/mol. The molecule has 0 radical (unpaired) electrons. The van der Waals surface area contributed by atoms with E-state index in [4.69, 9.17) is 4.74 Å². The first-order chi connectivity index (χ1) is 16.1. The van der Waals surface area contributed by atoms with Crippen molar-refractivity contribution in [3.63, 3.8) is 0 Å². The number of nitrogens with one attached hydrogen (secondary N) is 1. The summed E-state index contributed by atoms with van der Waals surface area (Å²) < 4.78 is 4.92. The molecule has 1 aliphatic rings. The minimum Gasteiger partial charge on any atom is -0.465 e. The Morgan fingerprint density at radius 2 is 1.64 bits per heavy atom. The van der Waals surface area contributed by atoms with Crippen molar-refractivity contribution < 1.29 is 14.3 Å². The van der Waals surface area contributed by atoms with E-state index < -0.39 is 5.97 Å². The van der Waals surface area contributed by atoms with E-state index in [0.717, 1.165) is 37.5 Å². The number of hydrogen-bond donors (Lipinski definition) is 1. The van der Waals surface area contributed by atoms with Gasteiger partial charge in [-0.15, -0.1) is 0 Å². The van der Waals surface area contributed by atoms with Gasteiger partial charge < -0.3 is 19.9 Å². The summed E-state index contributed by atoms with van der Waals surface area (Å²) >= 11 is 0. The highest BCUT2D eigenvalue weighted by atomic mass is 16.5. The molecule has 1 heterocycles. The van der Waals surface area contributed by atoms with Crippen LogP contribution in [0.4, 0.5) is 4.79 Å². The number of likely N-dealkylation sites (tertiary alicyclic amines) is 1. The molecule has 2 aromatic carbocycles. The molecular formula is C27H37N3O3. The zero-order chi connectivity index (χ0) is 23.3. The van der Waals surface area contributed by atoms with Crippen LogP contribution in [-0.4, -0.2) is 61.1 Å². The van der Waals surface area contributed by atoms with Crippen LogP contribution in [0.3, 0.4) is 0 Å². The molecule has 1 fully saturated rings. The number of benzene rings is 2. The van der Waals surface area contributed by atoms with Gasteiger partial charge >= 0.3 is 12.0 Å². The van der Waals surface area contributed by atoms with Gasteiger partial charge in [0.15, 0.2) is 0 Å². The molecule has 0 aliphatic carbocycles. The van der Waals surface area contributed by atoms with Crippen molar-refractivity contribution >= 4 is 12.0 Å². The van der Waals surface area contributed by atoms with Gasteiger partial charge in [-0.3, -0.25) is 4.79 Å². The lowest BCUT2D eigenvalue weighted by Crippen LogP contribution is -2.43. The maximum absolute atomic E-state index is 12.7. The molecule has 6 heteroatoms. The smallest absolute Gasteiger partial charge is 0.325 e. The zero-order valence-corrected chi connectivity index (χ0v) is 19.7. The first-order valence-corrected chi connectivity index (χ1v) is 12.1. The van der Waals surface area contributed by atoms with E-state index in [9.17, 15) is 9.59 Å². The minimum absolute atomic E-state index is 0.104. The number of rotatable bonds is 11. The van der Waals surface area contributed by atoms with Crippen LogP contribution in [0, 0.1) is 5.92 Å². The highest BCUT2D eigenvalue weighted by Crippen LogP contribution is 2.21. The lowest BCUT2D eigenvalue weighted by Gasteiger charge is -2.32. The Labute approximate surface area is 197 Å². The molecule has 0 unspecified atom stereocenters. The quantitative estimate of drug-likeness (QED) is 0.523. The number of piperidine rings is 1. The van der Waals surface area contributed by atoms with E-state index in [1.54, 1.807) is 11.8 Å². The van der Waals surface area contributed by atoms with Gasteiger partial charge in [0.1, 0.15) is 6.54 Å². The van der Waals surface area contributed by atoms with Crippen LogP contribution >= 0.6 is 0 Å². The Morgan fingerprint density at radius 3 is 2.27 bits per heavy atom. The fourth-order valence-electron chi connectivity index (χ4n) is 4.37. The van der Waals surface area contributed by atoms with Gasteiger partial charge in [0.2, 0.25) is 0 Å². The summed E-state index contributed by atoms with van der Waals surface area (Å²) in [7, 11) is 0. The standard InChI is InChI=1S/C27H37N3O3/c1-2-33-26(31)21-28-27(32)30(22-25-12-7-4-8-13-25)17-9-16-29-18-14-24(15-19-29)20-23-10-5-3-6-11-23/h3-8,10-13,24H,2,9,14-22H2,1H3,(H,28,32). The third-order valence-electron chi connectivity index (χ3n) is 6.17. The van der Waals surface area contributed by atoms with Crippen molar-refractivity contribution in [2.24, 2.45) is 5.92 Å². The van der Waals surface area contributed by atoms with Gasteiger partial charge in [-0.1, -0.05) is 60.7 Å². The van der Waals surface area contributed by atoms with Crippen LogP contribution in [0.1, 0.15) is 37.3 Å². The van der Waals surface area contributed by atoms with Crippen molar-refractivity contribution in [1.29, 1.82) is 0 Å². The van der Waals surface area contributed by atoms with Crippen LogP contribution in [0.2, 0.25) is 0 Å². The van der Waals surface area contributed by atoms with Gasteiger partial charge in [-0.2, -0.15) is 0 Å². The maximum Gasteiger partial charge on any atom is 0.325 e. The van der Waals surface area contributed by atoms with Crippen molar-refractivity contribution in [3.05, 3.63) is 71.8 Å². The van der Waals surface area contributed by atoms with Gasteiger partial charge in [0, 0.05) is 13.1 Å². The normalized spacial score (nSPS) is 14.6. The van der Waals surface area contributed by atoms with E-state index in [1.165, 1.54) is 24.8 Å². The van der Waals surface area contributed by atoms with E-state index in [0.29, 0.717) is 19.7 Å². The Hall–Kier alpha value is -2.86. The van der Waals surface area contributed by atoms with Gasteiger partial charge in [0.05, 0.1) is 6.61 Å². The summed E-state index contributed by atoms with van der Waals surface area (Å²) in [5.41, 5.74) is 2.51. The van der Waals surface area contributed by atoms with Gasteiger partial charge in [0.25, 0.3) is 0 Å². The molecule has 0 atom stereocenters. The summed E-state index contributed by atoms with van der Waals surface area (Å²) in [5.74, 6) is 0.343. The van der Waals surface area contributed by atoms with Crippen molar-refractivity contribution in [3.8, 4) is 0 Å². The summed E-state index contributed by atoms with van der Waals surface area (Å²) in [6.45, 7) is 6.34. The van der Waals surface area contributed by atoms with Crippen molar-refractivity contribution in [2.45, 2.75) is 39.2 Å². The monoisotopic (exact) mass is 451 g/mol. The molecule has 2 amide bonds. The minimum atomic E-state index is -0.413. The van der Waals surface area contributed by atoms with E-state index >= 15 is 0 Å². The topological polar surface area (TPSA) is 61.9 Å². The van der Waals surface area contributed by atoms with Crippen LogP contribution in [-0.2, 0) is 22.5 Å². The molecule has 6 nitrogen and oxygen atoms in total.